The van der Waals surface area contributed by atoms with Crippen molar-refractivity contribution in [3.8, 4) is 0 Å². The third-order valence-electron chi connectivity index (χ3n) is 6.68. The van der Waals surface area contributed by atoms with Crippen molar-refractivity contribution >= 4 is 0 Å². The van der Waals surface area contributed by atoms with Crippen LogP contribution in [-0.4, -0.2) is 176 Å². The van der Waals surface area contributed by atoms with Crippen LogP contribution in [0.15, 0.2) is 0 Å². The maximum absolute atomic E-state index is 10.6. The van der Waals surface area contributed by atoms with Gasteiger partial charge in [-0.3, -0.25) is 0 Å². The number of hydrogen-bond acceptors (Lipinski definition) is 17. The number of rotatable bonds is 6. The predicted octanol–water partition coefficient (Wildman–Crippen LogP) is -7.19. The number of ether oxygens (including phenoxy) is 7. The zero-order valence-corrected chi connectivity index (χ0v) is 19.4. The van der Waals surface area contributed by atoms with E-state index in [-0.39, 0.29) is 13.2 Å². The van der Waals surface area contributed by atoms with E-state index in [9.17, 15) is 51.1 Å². The SMILES string of the molecule is O[C@@H]1[C@@H](O[C@@H]2OC[C@H](O)[C@H](O)[C@H]2O)[C@H](O[C@@H]2CO[C@@H](O[C@@H]3CO[C@@H](O)[C@H](O)[C@H]3O)[C@H](O)[C@H]2O)OC[C@H]1O. The van der Waals surface area contributed by atoms with Crippen molar-refractivity contribution in [2.24, 2.45) is 0 Å². The Labute approximate surface area is 209 Å². The van der Waals surface area contributed by atoms with Gasteiger partial charge < -0.3 is 84.2 Å². The zero-order chi connectivity index (χ0) is 27.0. The molecule has 4 aliphatic heterocycles. The summed E-state index contributed by atoms with van der Waals surface area (Å²) in [5.41, 5.74) is 0. The van der Waals surface area contributed by atoms with E-state index in [1.54, 1.807) is 0 Å². The fourth-order valence-electron chi connectivity index (χ4n) is 4.33. The van der Waals surface area contributed by atoms with Crippen molar-refractivity contribution in [3.05, 3.63) is 0 Å². The standard InChI is InChI=1S/C20H34O17/c21-5-1-32-19(14(28)9(5)23)37-16-10(24)6(22)2-33-20(16)36-8-4-34-18(15(29)12(8)26)35-7-3-31-17(30)13(27)11(7)25/h5-30H,1-4H2/t5-,6+,7+,8+,9-,10-,11-,12-,13+,14+,15+,16+,17+,18-,19-,20-/m0/s1. The van der Waals surface area contributed by atoms with Gasteiger partial charge in [-0.2, -0.15) is 0 Å². The van der Waals surface area contributed by atoms with Gasteiger partial charge in [0.25, 0.3) is 0 Å². The third kappa shape index (κ3) is 6.23. The molecule has 17 nitrogen and oxygen atoms in total. The smallest absolute Gasteiger partial charge is 0.187 e. The van der Waals surface area contributed by atoms with E-state index in [2.05, 4.69) is 0 Å². The first-order valence-electron chi connectivity index (χ1n) is 11.7. The minimum absolute atomic E-state index is 0.335. The molecule has 0 spiro atoms. The molecule has 0 bridgehead atoms. The van der Waals surface area contributed by atoms with Crippen molar-refractivity contribution in [3.63, 3.8) is 0 Å². The Bertz CT molecular complexity index is 731. The highest BCUT2D eigenvalue weighted by atomic mass is 16.8. The monoisotopic (exact) mass is 546 g/mol. The molecule has 0 radical (unpaired) electrons. The van der Waals surface area contributed by atoms with E-state index in [0.717, 1.165) is 0 Å². The third-order valence-corrected chi connectivity index (χ3v) is 6.68. The van der Waals surface area contributed by atoms with Crippen LogP contribution in [0.1, 0.15) is 0 Å². The van der Waals surface area contributed by atoms with Crippen LogP contribution in [0.4, 0.5) is 0 Å². The van der Waals surface area contributed by atoms with E-state index in [4.69, 9.17) is 33.2 Å². The molecule has 4 saturated heterocycles. The van der Waals surface area contributed by atoms with Crippen LogP contribution in [0.2, 0.25) is 0 Å². The van der Waals surface area contributed by atoms with Crippen LogP contribution in [-0.2, 0) is 33.2 Å². The molecule has 4 fully saturated rings. The Morgan fingerprint density at radius 1 is 0.405 bits per heavy atom. The molecule has 0 aromatic carbocycles. The van der Waals surface area contributed by atoms with Crippen molar-refractivity contribution in [2.75, 3.05) is 26.4 Å². The molecule has 4 aliphatic rings. The van der Waals surface area contributed by atoms with Crippen LogP contribution in [0.5, 0.6) is 0 Å². The molecule has 37 heavy (non-hydrogen) atoms. The topological polar surface area (TPSA) is 267 Å². The minimum atomic E-state index is -1.73. The number of hydrogen-bond donors (Lipinski definition) is 10. The fraction of sp³-hybridized carbons (Fsp3) is 1.00. The second-order valence-electron chi connectivity index (χ2n) is 9.35. The van der Waals surface area contributed by atoms with E-state index in [1.165, 1.54) is 0 Å². The first kappa shape index (κ1) is 29.3. The predicted molar refractivity (Wildman–Crippen MR) is 110 cm³/mol. The molecule has 17 heteroatoms. The Morgan fingerprint density at radius 3 is 1.54 bits per heavy atom. The van der Waals surface area contributed by atoms with Gasteiger partial charge in [-0.1, -0.05) is 0 Å². The van der Waals surface area contributed by atoms with Gasteiger partial charge in [-0.05, 0) is 0 Å². The van der Waals surface area contributed by atoms with Crippen molar-refractivity contribution in [1.82, 2.24) is 0 Å². The summed E-state index contributed by atoms with van der Waals surface area (Å²) in [4.78, 5) is 0. The van der Waals surface area contributed by atoms with Crippen molar-refractivity contribution in [1.29, 1.82) is 0 Å². The van der Waals surface area contributed by atoms with Gasteiger partial charge in [0.05, 0.1) is 26.4 Å². The fourth-order valence-corrected chi connectivity index (χ4v) is 4.33. The normalized spacial score (nSPS) is 53.7. The first-order valence-corrected chi connectivity index (χ1v) is 11.7. The molecule has 10 N–H and O–H groups in total. The molecular weight excluding hydrogens is 512 g/mol. The highest BCUT2D eigenvalue weighted by Crippen LogP contribution is 2.29. The minimum Gasteiger partial charge on any atom is -0.388 e. The lowest BCUT2D eigenvalue weighted by Gasteiger charge is -2.45. The lowest BCUT2D eigenvalue weighted by Crippen LogP contribution is -2.63. The highest BCUT2D eigenvalue weighted by molar-refractivity contribution is 4.91. The van der Waals surface area contributed by atoms with Gasteiger partial charge in [0.15, 0.2) is 25.2 Å². The lowest BCUT2D eigenvalue weighted by atomic mass is 10.0. The van der Waals surface area contributed by atoms with Gasteiger partial charge in [-0.15, -0.1) is 0 Å². The van der Waals surface area contributed by atoms with Crippen molar-refractivity contribution < 1.29 is 84.2 Å². The molecule has 0 aromatic heterocycles. The van der Waals surface area contributed by atoms with Crippen LogP contribution >= 0.6 is 0 Å². The Morgan fingerprint density at radius 2 is 0.865 bits per heavy atom. The Kier molecular flexibility index (Phi) is 9.69. The van der Waals surface area contributed by atoms with Crippen molar-refractivity contribution in [2.45, 2.75) is 98.4 Å². The molecule has 16 atom stereocenters. The summed E-state index contributed by atoms with van der Waals surface area (Å²) in [5, 5.41) is 100. The summed E-state index contributed by atoms with van der Waals surface area (Å²) in [6.07, 6.45) is -24.4. The van der Waals surface area contributed by atoms with E-state index < -0.39 is 112 Å². The van der Waals surface area contributed by atoms with Gasteiger partial charge in [0, 0.05) is 0 Å². The zero-order valence-electron chi connectivity index (χ0n) is 19.4. The first-order chi connectivity index (χ1) is 17.5. The molecule has 4 rings (SSSR count). The maximum Gasteiger partial charge on any atom is 0.187 e. The van der Waals surface area contributed by atoms with Crippen LogP contribution in [0.25, 0.3) is 0 Å². The molecule has 0 aliphatic carbocycles. The molecule has 216 valence electrons. The van der Waals surface area contributed by atoms with Gasteiger partial charge in [0.1, 0.15) is 73.2 Å². The molecular formula is C20H34O17. The maximum atomic E-state index is 10.6. The van der Waals surface area contributed by atoms with Gasteiger partial charge in [0.2, 0.25) is 0 Å². The van der Waals surface area contributed by atoms with E-state index >= 15 is 0 Å². The average molecular weight is 546 g/mol. The van der Waals surface area contributed by atoms with Gasteiger partial charge in [-0.25, -0.2) is 0 Å². The number of aliphatic hydroxyl groups is 10. The number of aliphatic hydroxyl groups excluding tert-OH is 10. The van der Waals surface area contributed by atoms with Gasteiger partial charge >= 0.3 is 0 Å². The van der Waals surface area contributed by atoms with Crippen LogP contribution in [0, 0.1) is 0 Å². The second-order valence-corrected chi connectivity index (χ2v) is 9.35. The van der Waals surface area contributed by atoms with E-state index in [1.807, 2.05) is 0 Å². The van der Waals surface area contributed by atoms with E-state index in [0.29, 0.717) is 0 Å². The summed E-state index contributed by atoms with van der Waals surface area (Å²) in [6.45, 7) is -1.51. The molecule has 4 heterocycles. The van der Waals surface area contributed by atoms with Crippen LogP contribution < -0.4 is 0 Å². The Balaban J connectivity index is 1.37. The summed E-state index contributed by atoms with van der Waals surface area (Å²) in [7, 11) is 0. The molecule has 0 unspecified atom stereocenters. The summed E-state index contributed by atoms with van der Waals surface area (Å²) < 4.78 is 37.4. The molecule has 0 aromatic rings. The lowest BCUT2D eigenvalue weighted by molar-refractivity contribution is -0.367. The largest absolute Gasteiger partial charge is 0.388 e. The Hall–Kier alpha value is -0.680. The summed E-state index contributed by atoms with van der Waals surface area (Å²) in [5.74, 6) is 0. The molecule has 0 amide bonds. The van der Waals surface area contributed by atoms with Crippen LogP contribution in [0.3, 0.4) is 0 Å². The quantitative estimate of drug-likeness (QED) is 0.148. The summed E-state index contributed by atoms with van der Waals surface area (Å²) >= 11 is 0. The second kappa shape index (κ2) is 12.2. The average Bonchev–Trinajstić information content (AvgIpc) is 2.87. The highest BCUT2D eigenvalue weighted by Gasteiger charge is 2.50. The summed E-state index contributed by atoms with van der Waals surface area (Å²) in [6, 6.07) is 0. The molecule has 0 saturated carbocycles.